The maximum Gasteiger partial charge on any atom is 0.335 e. The Morgan fingerprint density at radius 3 is 2.81 bits per heavy atom. The number of thioether (sulfide) groups is 1. The van der Waals surface area contributed by atoms with Crippen LogP contribution in [0.4, 0.5) is 0 Å². The average molecular weight is 240 g/mol. The minimum Gasteiger partial charge on any atom is -0.493 e. The molecule has 1 rings (SSSR count). The highest BCUT2D eigenvalue weighted by Gasteiger charge is 2.07. The van der Waals surface area contributed by atoms with E-state index in [9.17, 15) is 4.79 Å². The zero-order valence-electron chi connectivity index (χ0n) is 9.53. The largest absolute Gasteiger partial charge is 0.493 e. The second kappa shape index (κ2) is 6.43. The zero-order valence-corrected chi connectivity index (χ0v) is 10.3. The van der Waals surface area contributed by atoms with Crippen molar-refractivity contribution in [2.24, 2.45) is 0 Å². The van der Waals surface area contributed by atoms with Crippen LogP contribution in [-0.2, 0) is 0 Å². The standard InChI is InChI=1S/C12H16O3S/c1-3-16-7-6-15-10-4-5-11(12(13)14)9(2)8-10/h4-5,8H,3,6-7H2,1-2H3,(H,13,14). The molecule has 0 heterocycles. The topological polar surface area (TPSA) is 46.5 Å². The highest BCUT2D eigenvalue weighted by Crippen LogP contribution is 2.17. The van der Waals surface area contributed by atoms with Crippen molar-refractivity contribution in [1.82, 2.24) is 0 Å². The summed E-state index contributed by atoms with van der Waals surface area (Å²) in [7, 11) is 0. The highest BCUT2D eigenvalue weighted by atomic mass is 32.2. The molecule has 0 aliphatic rings. The molecule has 0 saturated heterocycles. The van der Waals surface area contributed by atoms with E-state index in [0.29, 0.717) is 12.2 Å². The monoisotopic (exact) mass is 240 g/mol. The summed E-state index contributed by atoms with van der Waals surface area (Å²) >= 11 is 1.82. The molecule has 0 radical (unpaired) electrons. The van der Waals surface area contributed by atoms with E-state index in [0.717, 1.165) is 22.8 Å². The Balaban J connectivity index is 2.56. The van der Waals surface area contributed by atoms with E-state index in [-0.39, 0.29) is 0 Å². The van der Waals surface area contributed by atoms with Crippen molar-refractivity contribution in [2.45, 2.75) is 13.8 Å². The minimum absolute atomic E-state index is 0.329. The Kier molecular flexibility index (Phi) is 5.19. The van der Waals surface area contributed by atoms with Crippen molar-refractivity contribution in [1.29, 1.82) is 0 Å². The second-order valence-corrected chi connectivity index (χ2v) is 4.72. The van der Waals surface area contributed by atoms with Crippen molar-refractivity contribution < 1.29 is 14.6 Å². The Labute approximate surface area is 99.8 Å². The van der Waals surface area contributed by atoms with Crippen LogP contribution < -0.4 is 4.74 Å². The fourth-order valence-corrected chi connectivity index (χ4v) is 1.82. The molecule has 3 nitrogen and oxygen atoms in total. The summed E-state index contributed by atoms with van der Waals surface area (Å²) in [5.74, 6) is 1.88. The van der Waals surface area contributed by atoms with Gasteiger partial charge in [-0.3, -0.25) is 0 Å². The minimum atomic E-state index is -0.898. The summed E-state index contributed by atoms with van der Waals surface area (Å²) in [5, 5.41) is 8.86. The van der Waals surface area contributed by atoms with Gasteiger partial charge in [0, 0.05) is 5.75 Å². The Bertz CT molecular complexity index is 363. The number of carboxylic acid groups (broad SMARTS) is 1. The molecule has 1 N–H and O–H groups in total. The molecule has 0 aliphatic carbocycles. The van der Waals surface area contributed by atoms with Crippen LogP contribution in [0.2, 0.25) is 0 Å². The molecular formula is C12H16O3S. The SMILES string of the molecule is CCSCCOc1ccc(C(=O)O)c(C)c1. The van der Waals surface area contributed by atoms with Crippen LogP contribution in [0.3, 0.4) is 0 Å². The molecule has 0 fully saturated rings. The van der Waals surface area contributed by atoms with Gasteiger partial charge in [-0.1, -0.05) is 6.92 Å². The Morgan fingerprint density at radius 1 is 1.50 bits per heavy atom. The van der Waals surface area contributed by atoms with E-state index >= 15 is 0 Å². The fourth-order valence-electron chi connectivity index (χ4n) is 1.33. The van der Waals surface area contributed by atoms with Gasteiger partial charge in [0.05, 0.1) is 12.2 Å². The molecule has 0 spiro atoms. The predicted molar refractivity (Wildman–Crippen MR) is 66.6 cm³/mol. The molecular weight excluding hydrogens is 224 g/mol. The third kappa shape index (κ3) is 3.77. The van der Waals surface area contributed by atoms with Crippen LogP contribution in [0.5, 0.6) is 5.75 Å². The van der Waals surface area contributed by atoms with Gasteiger partial charge in [0.15, 0.2) is 0 Å². The number of ether oxygens (including phenoxy) is 1. The molecule has 0 aliphatic heterocycles. The number of carbonyl (C=O) groups is 1. The van der Waals surface area contributed by atoms with Crippen LogP contribution in [0.25, 0.3) is 0 Å². The molecule has 0 bridgehead atoms. The summed E-state index contributed by atoms with van der Waals surface area (Å²) in [6.07, 6.45) is 0. The second-order valence-electron chi connectivity index (χ2n) is 3.33. The van der Waals surface area contributed by atoms with Gasteiger partial charge in [-0.25, -0.2) is 4.79 Å². The van der Waals surface area contributed by atoms with Gasteiger partial charge in [-0.15, -0.1) is 0 Å². The first-order valence-electron chi connectivity index (χ1n) is 5.19. The van der Waals surface area contributed by atoms with Gasteiger partial charge in [0.2, 0.25) is 0 Å². The van der Waals surface area contributed by atoms with Gasteiger partial charge >= 0.3 is 5.97 Å². The average Bonchev–Trinajstić information content (AvgIpc) is 2.24. The van der Waals surface area contributed by atoms with E-state index in [1.54, 1.807) is 25.1 Å². The first-order chi connectivity index (χ1) is 7.65. The summed E-state index contributed by atoms with van der Waals surface area (Å²) in [6.45, 7) is 4.54. The van der Waals surface area contributed by atoms with Gasteiger partial charge in [0.25, 0.3) is 0 Å². The first-order valence-corrected chi connectivity index (χ1v) is 6.35. The number of benzene rings is 1. The van der Waals surface area contributed by atoms with Crippen molar-refractivity contribution in [3.8, 4) is 5.75 Å². The van der Waals surface area contributed by atoms with Crippen LogP contribution in [0, 0.1) is 6.92 Å². The van der Waals surface area contributed by atoms with E-state index in [2.05, 4.69) is 6.92 Å². The maximum atomic E-state index is 10.8. The van der Waals surface area contributed by atoms with Crippen LogP contribution >= 0.6 is 11.8 Å². The molecule has 0 amide bonds. The van der Waals surface area contributed by atoms with Gasteiger partial charge in [-0.05, 0) is 36.4 Å². The van der Waals surface area contributed by atoms with Gasteiger partial charge in [0.1, 0.15) is 5.75 Å². The molecule has 0 saturated carbocycles. The normalized spacial score (nSPS) is 10.1. The first kappa shape index (κ1) is 12.9. The summed E-state index contributed by atoms with van der Waals surface area (Å²) in [6, 6.07) is 5.05. The van der Waals surface area contributed by atoms with E-state index in [4.69, 9.17) is 9.84 Å². The van der Waals surface area contributed by atoms with E-state index < -0.39 is 5.97 Å². The Hall–Kier alpha value is -1.16. The van der Waals surface area contributed by atoms with Crippen molar-refractivity contribution >= 4 is 17.7 Å². The lowest BCUT2D eigenvalue weighted by molar-refractivity contribution is 0.0696. The third-order valence-electron chi connectivity index (χ3n) is 2.13. The fraction of sp³-hybridized carbons (Fsp3) is 0.417. The maximum absolute atomic E-state index is 10.8. The van der Waals surface area contributed by atoms with E-state index in [1.165, 1.54) is 0 Å². The van der Waals surface area contributed by atoms with Gasteiger partial charge in [-0.2, -0.15) is 11.8 Å². The highest BCUT2D eigenvalue weighted by molar-refractivity contribution is 7.99. The molecule has 16 heavy (non-hydrogen) atoms. The molecule has 88 valence electrons. The van der Waals surface area contributed by atoms with Crippen molar-refractivity contribution in [2.75, 3.05) is 18.1 Å². The lowest BCUT2D eigenvalue weighted by Crippen LogP contribution is -2.03. The van der Waals surface area contributed by atoms with Crippen LogP contribution in [0.15, 0.2) is 18.2 Å². The predicted octanol–water partition coefficient (Wildman–Crippen LogP) is 2.83. The van der Waals surface area contributed by atoms with Gasteiger partial charge < -0.3 is 9.84 Å². The molecule has 1 aromatic rings. The zero-order chi connectivity index (χ0) is 12.0. The van der Waals surface area contributed by atoms with Crippen molar-refractivity contribution in [3.63, 3.8) is 0 Å². The molecule has 0 aromatic heterocycles. The number of aryl methyl sites for hydroxylation is 1. The lowest BCUT2D eigenvalue weighted by Gasteiger charge is -2.07. The number of rotatable bonds is 6. The molecule has 0 atom stereocenters. The van der Waals surface area contributed by atoms with Crippen LogP contribution in [0.1, 0.15) is 22.8 Å². The summed E-state index contributed by atoms with van der Waals surface area (Å²) in [5.41, 5.74) is 1.06. The van der Waals surface area contributed by atoms with Crippen LogP contribution in [-0.4, -0.2) is 29.2 Å². The number of hydrogen-bond acceptors (Lipinski definition) is 3. The van der Waals surface area contributed by atoms with Crippen molar-refractivity contribution in [3.05, 3.63) is 29.3 Å². The molecule has 4 heteroatoms. The summed E-state index contributed by atoms with van der Waals surface area (Å²) in [4.78, 5) is 10.8. The molecule has 0 unspecified atom stereocenters. The summed E-state index contributed by atoms with van der Waals surface area (Å²) < 4.78 is 5.51. The molecule has 1 aromatic carbocycles. The third-order valence-corrected chi connectivity index (χ3v) is 2.99. The number of hydrogen-bond donors (Lipinski definition) is 1. The quantitative estimate of drug-likeness (QED) is 0.777. The Morgan fingerprint density at radius 2 is 2.25 bits per heavy atom. The van der Waals surface area contributed by atoms with E-state index in [1.807, 2.05) is 11.8 Å². The number of carboxylic acids is 1. The lowest BCUT2D eigenvalue weighted by atomic mass is 10.1. The number of aromatic carboxylic acids is 1. The smallest absolute Gasteiger partial charge is 0.335 e.